The SMILES string of the molecule is CC(=O)Oc1ccccc1C(=O)OC1CCC(OC(=O)c2ccccc2OC(C)=O)CC1. The van der Waals surface area contributed by atoms with Gasteiger partial charge in [0, 0.05) is 13.8 Å². The van der Waals surface area contributed by atoms with Gasteiger partial charge in [0.25, 0.3) is 0 Å². The van der Waals surface area contributed by atoms with Gasteiger partial charge in [-0.15, -0.1) is 0 Å². The fourth-order valence-electron chi connectivity index (χ4n) is 3.46. The number of hydrogen-bond acceptors (Lipinski definition) is 8. The molecule has 8 nitrogen and oxygen atoms in total. The molecule has 1 aliphatic rings. The molecule has 0 unspecified atom stereocenters. The van der Waals surface area contributed by atoms with Crippen molar-refractivity contribution >= 4 is 23.9 Å². The molecule has 0 atom stereocenters. The molecule has 1 fully saturated rings. The van der Waals surface area contributed by atoms with Crippen molar-refractivity contribution in [3.8, 4) is 11.5 Å². The molecule has 0 bridgehead atoms. The monoisotopic (exact) mass is 440 g/mol. The van der Waals surface area contributed by atoms with E-state index in [0.29, 0.717) is 25.7 Å². The first-order valence-corrected chi connectivity index (χ1v) is 10.3. The minimum Gasteiger partial charge on any atom is -0.459 e. The second-order valence-corrected chi connectivity index (χ2v) is 7.39. The summed E-state index contributed by atoms with van der Waals surface area (Å²) in [7, 11) is 0. The second-order valence-electron chi connectivity index (χ2n) is 7.39. The molecule has 2 aromatic rings. The molecular formula is C24H24O8. The molecule has 0 aromatic heterocycles. The molecular weight excluding hydrogens is 416 g/mol. The first-order valence-electron chi connectivity index (χ1n) is 10.3. The van der Waals surface area contributed by atoms with Crippen molar-refractivity contribution in [2.24, 2.45) is 0 Å². The topological polar surface area (TPSA) is 105 Å². The molecule has 2 aromatic carbocycles. The van der Waals surface area contributed by atoms with E-state index >= 15 is 0 Å². The summed E-state index contributed by atoms with van der Waals surface area (Å²) >= 11 is 0. The van der Waals surface area contributed by atoms with E-state index in [0.717, 1.165) is 0 Å². The second kappa shape index (κ2) is 10.6. The lowest BCUT2D eigenvalue weighted by Gasteiger charge is -2.28. The summed E-state index contributed by atoms with van der Waals surface area (Å²) in [6.45, 7) is 2.52. The summed E-state index contributed by atoms with van der Waals surface area (Å²) in [5.41, 5.74) is 0.358. The average molecular weight is 440 g/mol. The smallest absolute Gasteiger partial charge is 0.342 e. The first kappa shape index (κ1) is 23.0. The minimum atomic E-state index is -0.572. The standard InChI is InChI=1S/C24H24O8/c1-15(25)29-21-9-5-3-7-19(21)23(27)31-17-11-13-18(14-12-17)32-24(28)20-8-4-6-10-22(20)30-16(2)26/h3-10,17-18H,11-14H2,1-2H3. The number of ether oxygens (including phenoxy) is 4. The fraction of sp³-hybridized carbons (Fsp3) is 0.333. The van der Waals surface area contributed by atoms with Crippen LogP contribution in [0.4, 0.5) is 0 Å². The van der Waals surface area contributed by atoms with Crippen molar-refractivity contribution in [1.29, 1.82) is 0 Å². The zero-order valence-electron chi connectivity index (χ0n) is 17.9. The van der Waals surface area contributed by atoms with E-state index in [-0.39, 0.29) is 34.8 Å². The summed E-state index contributed by atoms with van der Waals surface area (Å²) in [4.78, 5) is 47.6. The van der Waals surface area contributed by atoms with Gasteiger partial charge in [-0.1, -0.05) is 24.3 Å². The van der Waals surface area contributed by atoms with Gasteiger partial charge in [-0.2, -0.15) is 0 Å². The summed E-state index contributed by atoms with van der Waals surface area (Å²) in [5, 5.41) is 0. The number of para-hydroxylation sites is 2. The van der Waals surface area contributed by atoms with E-state index in [1.807, 2.05) is 0 Å². The van der Waals surface area contributed by atoms with Crippen molar-refractivity contribution in [3.05, 3.63) is 59.7 Å². The third kappa shape index (κ3) is 6.16. The highest BCUT2D eigenvalue weighted by Crippen LogP contribution is 2.28. The molecule has 1 saturated carbocycles. The molecule has 0 amide bonds. The lowest BCUT2D eigenvalue weighted by atomic mass is 9.94. The Kier molecular flexibility index (Phi) is 7.59. The number of rotatable bonds is 6. The van der Waals surface area contributed by atoms with Crippen LogP contribution in [0.5, 0.6) is 11.5 Å². The van der Waals surface area contributed by atoms with Gasteiger partial charge >= 0.3 is 23.9 Å². The van der Waals surface area contributed by atoms with E-state index in [4.69, 9.17) is 18.9 Å². The quantitative estimate of drug-likeness (QED) is 0.493. The van der Waals surface area contributed by atoms with Crippen molar-refractivity contribution in [1.82, 2.24) is 0 Å². The third-order valence-corrected chi connectivity index (χ3v) is 4.89. The van der Waals surface area contributed by atoms with Gasteiger partial charge in [-0.25, -0.2) is 9.59 Å². The van der Waals surface area contributed by atoms with Crippen molar-refractivity contribution in [2.45, 2.75) is 51.7 Å². The van der Waals surface area contributed by atoms with Crippen LogP contribution in [-0.4, -0.2) is 36.1 Å². The molecule has 32 heavy (non-hydrogen) atoms. The fourth-order valence-corrected chi connectivity index (χ4v) is 3.46. The van der Waals surface area contributed by atoms with Gasteiger partial charge in [0.15, 0.2) is 0 Å². The van der Waals surface area contributed by atoms with E-state index in [1.54, 1.807) is 24.3 Å². The van der Waals surface area contributed by atoms with E-state index in [9.17, 15) is 19.2 Å². The Morgan fingerprint density at radius 1 is 0.625 bits per heavy atom. The maximum absolute atomic E-state index is 12.5. The maximum atomic E-state index is 12.5. The van der Waals surface area contributed by atoms with Crippen molar-refractivity contribution in [2.75, 3.05) is 0 Å². The normalized spacial score (nSPS) is 17.7. The zero-order chi connectivity index (χ0) is 23.1. The Balaban J connectivity index is 1.54. The van der Waals surface area contributed by atoms with Crippen LogP contribution in [0.25, 0.3) is 0 Å². The average Bonchev–Trinajstić information content (AvgIpc) is 2.75. The predicted molar refractivity (Wildman–Crippen MR) is 112 cm³/mol. The highest BCUT2D eigenvalue weighted by atomic mass is 16.6. The number of hydrogen-bond donors (Lipinski definition) is 0. The predicted octanol–water partition coefficient (Wildman–Crippen LogP) is 3.86. The molecule has 3 rings (SSSR count). The summed E-state index contributed by atoms with van der Waals surface area (Å²) in [6, 6.07) is 12.8. The molecule has 0 N–H and O–H groups in total. The largest absolute Gasteiger partial charge is 0.459 e. The third-order valence-electron chi connectivity index (χ3n) is 4.89. The molecule has 0 radical (unpaired) electrons. The summed E-state index contributed by atoms with van der Waals surface area (Å²) in [5.74, 6) is -1.89. The molecule has 0 saturated heterocycles. The van der Waals surface area contributed by atoms with Gasteiger partial charge < -0.3 is 18.9 Å². The summed E-state index contributed by atoms with van der Waals surface area (Å²) in [6.07, 6.45) is 1.40. The molecule has 0 spiro atoms. The number of benzene rings is 2. The first-order chi connectivity index (χ1) is 15.3. The Labute approximate surface area is 185 Å². The van der Waals surface area contributed by atoms with Crippen molar-refractivity contribution < 1.29 is 38.1 Å². The van der Waals surface area contributed by atoms with Gasteiger partial charge in [-0.3, -0.25) is 9.59 Å². The number of carbonyl (C=O) groups excluding carboxylic acids is 4. The van der Waals surface area contributed by atoms with E-state index in [1.165, 1.54) is 38.1 Å². The number of carbonyl (C=O) groups is 4. The van der Waals surface area contributed by atoms with Gasteiger partial charge in [-0.05, 0) is 49.9 Å². The van der Waals surface area contributed by atoms with Crippen LogP contribution in [0, 0.1) is 0 Å². The number of esters is 4. The summed E-state index contributed by atoms with van der Waals surface area (Å²) < 4.78 is 21.3. The van der Waals surface area contributed by atoms with Crippen LogP contribution < -0.4 is 9.47 Å². The Bertz CT molecular complexity index is 923. The van der Waals surface area contributed by atoms with Gasteiger partial charge in [0.05, 0.1) is 0 Å². The Morgan fingerprint density at radius 2 is 0.969 bits per heavy atom. The molecule has 168 valence electrons. The van der Waals surface area contributed by atoms with Gasteiger partial charge in [0.2, 0.25) is 0 Å². The Morgan fingerprint density at radius 3 is 1.31 bits per heavy atom. The molecule has 8 heteroatoms. The zero-order valence-corrected chi connectivity index (χ0v) is 17.9. The van der Waals surface area contributed by atoms with E-state index < -0.39 is 23.9 Å². The van der Waals surface area contributed by atoms with Crippen LogP contribution in [0.15, 0.2) is 48.5 Å². The molecule has 0 aliphatic heterocycles. The van der Waals surface area contributed by atoms with E-state index in [2.05, 4.69) is 0 Å². The van der Waals surface area contributed by atoms with Crippen LogP contribution in [0.2, 0.25) is 0 Å². The van der Waals surface area contributed by atoms with Crippen LogP contribution in [-0.2, 0) is 19.1 Å². The van der Waals surface area contributed by atoms with Crippen LogP contribution in [0.3, 0.4) is 0 Å². The lowest BCUT2D eigenvalue weighted by molar-refractivity contribution is -0.132. The van der Waals surface area contributed by atoms with Crippen LogP contribution >= 0.6 is 0 Å². The highest BCUT2D eigenvalue weighted by Gasteiger charge is 2.28. The Hall–Kier alpha value is -3.68. The highest BCUT2D eigenvalue weighted by molar-refractivity contribution is 5.94. The van der Waals surface area contributed by atoms with Crippen molar-refractivity contribution in [3.63, 3.8) is 0 Å². The molecule has 0 heterocycles. The molecule has 1 aliphatic carbocycles. The lowest BCUT2D eigenvalue weighted by Crippen LogP contribution is -2.30. The minimum absolute atomic E-state index is 0.152. The van der Waals surface area contributed by atoms with Gasteiger partial charge in [0.1, 0.15) is 34.8 Å². The maximum Gasteiger partial charge on any atom is 0.342 e. The van der Waals surface area contributed by atoms with Crippen LogP contribution in [0.1, 0.15) is 60.2 Å².